The predicted molar refractivity (Wildman–Crippen MR) is 185 cm³/mol. The van der Waals surface area contributed by atoms with Crippen molar-refractivity contribution >= 4 is 22.8 Å². The highest BCUT2D eigenvalue weighted by molar-refractivity contribution is 5.98. The van der Waals surface area contributed by atoms with Gasteiger partial charge in [0.2, 0.25) is 5.91 Å². The number of piperidine rings is 1. The maximum atomic E-state index is 13.4. The summed E-state index contributed by atoms with van der Waals surface area (Å²) in [5, 5.41) is 13.9. The maximum absolute atomic E-state index is 13.4. The van der Waals surface area contributed by atoms with E-state index in [2.05, 4.69) is 38.0 Å². The molecule has 0 saturated carbocycles. The second kappa shape index (κ2) is 18.0. The lowest BCUT2D eigenvalue weighted by Gasteiger charge is -2.29. The summed E-state index contributed by atoms with van der Waals surface area (Å²) < 4.78 is 8.01. The third-order valence-corrected chi connectivity index (χ3v) is 7.68. The highest BCUT2D eigenvalue weighted by Gasteiger charge is 2.23. The van der Waals surface area contributed by atoms with Gasteiger partial charge in [-0.2, -0.15) is 0 Å². The molecule has 0 bridgehead atoms. The fourth-order valence-corrected chi connectivity index (χ4v) is 5.57. The Bertz CT molecular complexity index is 1490. The molecule has 0 aliphatic carbocycles. The first-order valence-electron chi connectivity index (χ1n) is 16.5. The quantitative estimate of drug-likeness (QED) is 0.188. The van der Waals surface area contributed by atoms with Crippen molar-refractivity contribution in [1.82, 2.24) is 14.8 Å². The van der Waals surface area contributed by atoms with Gasteiger partial charge >= 0.3 is 5.97 Å². The predicted octanol–water partition coefficient (Wildman–Crippen LogP) is 8.19. The Labute approximate surface area is 269 Å². The Balaban J connectivity index is 0.00000104. The number of benzene rings is 3. The molecule has 242 valence electrons. The number of aromatic carboxylic acids is 1. The van der Waals surface area contributed by atoms with Gasteiger partial charge in [-0.05, 0) is 92.5 Å². The number of carboxylic acid groups (broad SMARTS) is 1. The van der Waals surface area contributed by atoms with Gasteiger partial charge < -0.3 is 24.6 Å². The molecule has 5 rings (SSSR count). The zero-order chi connectivity index (χ0) is 32.8. The van der Waals surface area contributed by atoms with E-state index >= 15 is 0 Å². The zero-order valence-corrected chi connectivity index (χ0v) is 27.9. The summed E-state index contributed by atoms with van der Waals surface area (Å²) in [6.07, 6.45) is 4.84. The first-order chi connectivity index (χ1) is 21.8. The lowest BCUT2D eigenvalue weighted by Crippen LogP contribution is -2.44. The molecule has 3 aromatic carbocycles. The highest BCUT2D eigenvalue weighted by Crippen LogP contribution is 2.36. The van der Waals surface area contributed by atoms with Crippen molar-refractivity contribution < 1.29 is 19.4 Å². The van der Waals surface area contributed by atoms with E-state index in [1.807, 2.05) is 79.1 Å². The molecule has 0 atom stereocenters. The normalized spacial score (nSPS) is 13.3. The summed E-state index contributed by atoms with van der Waals surface area (Å²) in [7, 11) is 2.10. The molecule has 1 fully saturated rings. The molecule has 7 heteroatoms. The number of fused-ring (bicyclic) bond motifs is 1. The van der Waals surface area contributed by atoms with Crippen molar-refractivity contribution in [2.24, 2.45) is 0 Å². The Morgan fingerprint density at radius 2 is 1.58 bits per heavy atom. The largest absolute Gasteiger partial charge is 0.489 e. The van der Waals surface area contributed by atoms with Crippen LogP contribution in [0.4, 0.5) is 0 Å². The molecule has 1 aliphatic heterocycles. The van der Waals surface area contributed by atoms with Crippen LogP contribution < -0.4 is 10.1 Å². The average molecular weight is 614 g/mol. The number of carboxylic acids is 1. The molecule has 7 nitrogen and oxygen atoms in total. The SMILES string of the molecule is CC.CCC.CCCc1c(-c2ccc(OCc3ccccc3)cc2)n(CC(=O)NC2CCN(C)CC2)c2cc(C(=O)O)ccc12. The number of nitrogens with zero attached hydrogens (tertiary/aromatic N) is 2. The van der Waals surface area contributed by atoms with E-state index in [0.717, 1.165) is 77.8 Å². The van der Waals surface area contributed by atoms with Gasteiger partial charge in [0.05, 0.1) is 16.8 Å². The third-order valence-electron chi connectivity index (χ3n) is 7.68. The van der Waals surface area contributed by atoms with E-state index in [-0.39, 0.29) is 24.1 Å². The standard InChI is InChI=1S/C33H37N3O4.C3H8.C2H6/c1-3-7-29-28-15-12-25(33(38)39)20-30(28)36(21-31(37)34-26-16-18-35(2)19-17-26)32(29)24-10-13-27(14-11-24)40-22-23-8-5-4-6-9-23;1-3-2;1-2/h4-6,8-15,20,26H,3,7,16-19,21-22H2,1-2H3,(H,34,37)(H,38,39);3H2,1-2H3;1-2H3. The lowest BCUT2D eigenvalue weighted by molar-refractivity contribution is -0.122. The molecule has 2 heterocycles. The number of carbonyl (C=O) groups excluding carboxylic acids is 1. The molecule has 2 N–H and O–H groups in total. The van der Waals surface area contributed by atoms with Crippen LogP contribution in [0.1, 0.15) is 81.8 Å². The number of rotatable bonds is 10. The van der Waals surface area contributed by atoms with Crippen LogP contribution in [0.15, 0.2) is 72.8 Å². The van der Waals surface area contributed by atoms with Crippen LogP contribution in [0.25, 0.3) is 22.2 Å². The molecule has 0 spiro atoms. The number of nitrogens with one attached hydrogen (secondary N) is 1. The fourth-order valence-electron chi connectivity index (χ4n) is 5.57. The van der Waals surface area contributed by atoms with Crippen LogP contribution in [-0.2, 0) is 24.4 Å². The molecule has 1 aliphatic rings. The van der Waals surface area contributed by atoms with Crippen molar-refractivity contribution in [3.63, 3.8) is 0 Å². The molecule has 45 heavy (non-hydrogen) atoms. The Morgan fingerprint density at radius 1 is 0.933 bits per heavy atom. The second-order valence-electron chi connectivity index (χ2n) is 11.4. The fraction of sp³-hybridized carbons (Fsp3) is 0.421. The van der Waals surface area contributed by atoms with Crippen LogP contribution in [0.2, 0.25) is 0 Å². The van der Waals surface area contributed by atoms with E-state index in [1.165, 1.54) is 6.42 Å². The first kappa shape index (κ1) is 35.4. The van der Waals surface area contributed by atoms with Gasteiger partial charge in [-0.15, -0.1) is 0 Å². The van der Waals surface area contributed by atoms with E-state index in [0.29, 0.717) is 6.61 Å². The van der Waals surface area contributed by atoms with Gasteiger partial charge in [-0.25, -0.2) is 4.79 Å². The Hall–Kier alpha value is -4.10. The van der Waals surface area contributed by atoms with Crippen LogP contribution in [0, 0.1) is 0 Å². The van der Waals surface area contributed by atoms with E-state index < -0.39 is 5.97 Å². The van der Waals surface area contributed by atoms with Crippen LogP contribution >= 0.6 is 0 Å². The summed E-state index contributed by atoms with van der Waals surface area (Å²) >= 11 is 0. The van der Waals surface area contributed by atoms with Crippen LogP contribution in [0.5, 0.6) is 5.75 Å². The number of aromatic nitrogens is 1. The van der Waals surface area contributed by atoms with Crippen molar-refractivity contribution in [3.05, 3.63) is 89.5 Å². The molecular formula is C38H51N3O4. The van der Waals surface area contributed by atoms with Crippen LogP contribution in [0.3, 0.4) is 0 Å². The maximum Gasteiger partial charge on any atom is 0.335 e. The van der Waals surface area contributed by atoms with Gasteiger partial charge in [0, 0.05) is 11.4 Å². The zero-order valence-electron chi connectivity index (χ0n) is 27.9. The number of amides is 1. The third kappa shape index (κ3) is 9.69. The van der Waals surface area contributed by atoms with E-state index in [1.54, 1.807) is 12.1 Å². The van der Waals surface area contributed by atoms with Crippen molar-refractivity contribution in [3.8, 4) is 17.0 Å². The first-order valence-corrected chi connectivity index (χ1v) is 16.5. The second-order valence-corrected chi connectivity index (χ2v) is 11.4. The number of hydrogen-bond acceptors (Lipinski definition) is 4. The summed E-state index contributed by atoms with van der Waals surface area (Å²) in [4.78, 5) is 27.5. The Morgan fingerprint density at radius 3 is 2.18 bits per heavy atom. The summed E-state index contributed by atoms with van der Waals surface area (Å²) in [6.45, 7) is 12.9. The number of carbonyl (C=O) groups is 2. The highest BCUT2D eigenvalue weighted by atomic mass is 16.5. The number of hydrogen-bond donors (Lipinski definition) is 2. The summed E-state index contributed by atoms with van der Waals surface area (Å²) in [6, 6.07) is 23.4. The van der Waals surface area contributed by atoms with Gasteiger partial charge in [0.15, 0.2) is 0 Å². The van der Waals surface area contributed by atoms with Gasteiger partial charge in [-0.3, -0.25) is 4.79 Å². The molecule has 0 unspecified atom stereocenters. The minimum absolute atomic E-state index is 0.0562. The Kier molecular flexibility index (Phi) is 14.2. The monoisotopic (exact) mass is 613 g/mol. The summed E-state index contributed by atoms with van der Waals surface area (Å²) in [5.41, 5.74) is 5.12. The van der Waals surface area contributed by atoms with Gasteiger partial charge in [-0.1, -0.05) is 83.9 Å². The lowest BCUT2D eigenvalue weighted by atomic mass is 10.0. The van der Waals surface area contributed by atoms with Crippen molar-refractivity contribution in [1.29, 1.82) is 0 Å². The van der Waals surface area contributed by atoms with Crippen LogP contribution in [-0.4, -0.2) is 52.6 Å². The van der Waals surface area contributed by atoms with Gasteiger partial charge in [0.1, 0.15) is 18.9 Å². The van der Waals surface area contributed by atoms with E-state index in [4.69, 9.17) is 4.74 Å². The van der Waals surface area contributed by atoms with E-state index in [9.17, 15) is 14.7 Å². The van der Waals surface area contributed by atoms with Crippen molar-refractivity contribution in [2.45, 2.75) is 85.9 Å². The number of ether oxygens (including phenoxy) is 1. The molecule has 1 aromatic heterocycles. The molecule has 1 saturated heterocycles. The number of aryl methyl sites for hydroxylation is 1. The minimum Gasteiger partial charge on any atom is -0.489 e. The van der Waals surface area contributed by atoms with Crippen molar-refractivity contribution in [2.75, 3.05) is 20.1 Å². The smallest absolute Gasteiger partial charge is 0.335 e. The topological polar surface area (TPSA) is 83.8 Å². The molecular weight excluding hydrogens is 562 g/mol. The summed E-state index contributed by atoms with van der Waals surface area (Å²) in [5.74, 6) is -0.274. The molecule has 0 radical (unpaired) electrons. The van der Waals surface area contributed by atoms with Gasteiger partial charge in [0.25, 0.3) is 0 Å². The molecule has 4 aromatic rings. The minimum atomic E-state index is -0.982. The molecule has 1 amide bonds. The average Bonchev–Trinajstić information content (AvgIpc) is 3.35. The number of likely N-dealkylation sites (tertiary alicyclic amines) is 1.